The molecule has 1 saturated carbocycles. The highest BCUT2D eigenvalue weighted by Crippen LogP contribution is 2.30. The van der Waals surface area contributed by atoms with Gasteiger partial charge in [0.2, 0.25) is 0 Å². The molecule has 0 aromatic carbocycles. The topological polar surface area (TPSA) is 47.0 Å². The van der Waals surface area contributed by atoms with E-state index in [9.17, 15) is 4.79 Å². The number of aromatic nitrogens is 2. The van der Waals surface area contributed by atoms with Crippen molar-refractivity contribution in [1.29, 1.82) is 0 Å². The first-order valence-corrected chi connectivity index (χ1v) is 5.76. The Labute approximate surface area is 88.2 Å². The van der Waals surface area contributed by atoms with Crippen LogP contribution in [0.3, 0.4) is 0 Å². The van der Waals surface area contributed by atoms with Gasteiger partial charge in [-0.2, -0.15) is 0 Å². The third-order valence-corrected chi connectivity index (χ3v) is 3.55. The predicted octanol–water partition coefficient (Wildman–Crippen LogP) is 1.36. The molecule has 82 valence electrons. The van der Waals surface area contributed by atoms with Gasteiger partial charge in [0.05, 0.1) is 24.8 Å². The number of hydrogen-bond donors (Lipinski definition) is 1. The summed E-state index contributed by atoms with van der Waals surface area (Å²) in [6, 6.07) is 0.527. The lowest BCUT2D eigenvalue weighted by Crippen LogP contribution is -2.17. The van der Waals surface area contributed by atoms with Gasteiger partial charge in [0.25, 0.3) is 5.56 Å². The van der Waals surface area contributed by atoms with Crippen molar-refractivity contribution in [2.45, 2.75) is 44.8 Å². The van der Waals surface area contributed by atoms with Gasteiger partial charge in [0.15, 0.2) is 0 Å². The van der Waals surface area contributed by atoms with E-state index >= 15 is 0 Å². The lowest BCUT2D eigenvalue weighted by molar-refractivity contribution is 0.107. The van der Waals surface area contributed by atoms with E-state index < -0.39 is 0 Å². The summed E-state index contributed by atoms with van der Waals surface area (Å²) in [7, 11) is 0. The van der Waals surface area contributed by atoms with Crippen molar-refractivity contribution < 1.29 is 4.74 Å². The van der Waals surface area contributed by atoms with Gasteiger partial charge >= 0.3 is 0 Å². The number of ether oxygens (including phenoxy) is 1. The van der Waals surface area contributed by atoms with Gasteiger partial charge in [0.1, 0.15) is 0 Å². The van der Waals surface area contributed by atoms with Crippen molar-refractivity contribution in [1.82, 2.24) is 9.78 Å². The fourth-order valence-electron chi connectivity index (χ4n) is 2.76. The smallest absolute Gasteiger partial charge is 0.269 e. The largest absolute Gasteiger partial charge is 0.376 e. The van der Waals surface area contributed by atoms with Crippen LogP contribution in [-0.4, -0.2) is 16.4 Å². The van der Waals surface area contributed by atoms with Gasteiger partial charge in [-0.1, -0.05) is 12.8 Å². The highest BCUT2D eigenvalue weighted by Gasteiger charge is 2.25. The minimum Gasteiger partial charge on any atom is -0.376 e. The van der Waals surface area contributed by atoms with Crippen LogP contribution in [0.15, 0.2) is 4.79 Å². The van der Waals surface area contributed by atoms with Gasteiger partial charge in [-0.15, -0.1) is 0 Å². The summed E-state index contributed by atoms with van der Waals surface area (Å²) in [4.78, 5) is 11.7. The number of nitrogens with zero attached hydrogens (tertiary/aromatic N) is 1. The van der Waals surface area contributed by atoms with Crippen LogP contribution in [0.2, 0.25) is 0 Å². The lowest BCUT2D eigenvalue weighted by atomic mass is 10.1. The number of H-pyrrole nitrogens is 1. The molecule has 1 fully saturated rings. The van der Waals surface area contributed by atoms with Gasteiger partial charge in [-0.3, -0.25) is 14.6 Å². The molecule has 15 heavy (non-hydrogen) atoms. The van der Waals surface area contributed by atoms with E-state index in [0.29, 0.717) is 12.6 Å². The standard InChI is InChI=1S/C11H16N2O2/c14-11-9-7-15-6-5-10(9)13(12-11)8-3-1-2-4-8/h8H,1-7H2,(H,12,14). The molecule has 0 saturated heterocycles. The molecule has 1 N–H and O–H groups in total. The molecule has 0 bridgehead atoms. The monoisotopic (exact) mass is 208 g/mol. The van der Waals surface area contributed by atoms with E-state index in [-0.39, 0.29) is 5.56 Å². The van der Waals surface area contributed by atoms with Crippen LogP contribution in [0.5, 0.6) is 0 Å². The van der Waals surface area contributed by atoms with Crippen molar-refractivity contribution in [3.8, 4) is 0 Å². The molecule has 1 aromatic heterocycles. The summed E-state index contributed by atoms with van der Waals surface area (Å²) in [5.74, 6) is 0. The molecule has 3 rings (SSSR count). The van der Waals surface area contributed by atoms with Crippen molar-refractivity contribution >= 4 is 0 Å². The van der Waals surface area contributed by atoms with Crippen LogP contribution in [0.4, 0.5) is 0 Å². The quantitative estimate of drug-likeness (QED) is 0.757. The van der Waals surface area contributed by atoms with Crippen molar-refractivity contribution in [2.24, 2.45) is 0 Å². The van der Waals surface area contributed by atoms with Crippen LogP contribution >= 0.6 is 0 Å². The van der Waals surface area contributed by atoms with Crippen LogP contribution in [0, 0.1) is 0 Å². The van der Waals surface area contributed by atoms with Gasteiger partial charge in [0, 0.05) is 12.1 Å². The Bertz CT molecular complexity index is 413. The van der Waals surface area contributed by atoms with E-state index in [2.05, 4.69) is 9.78 Å². The Kier molecular flexibility index (Phi) is 2.16. The zero-order valence-electron chi connectivity index (χ0n) is 8.79. The molecular formula is C11H16N2O2. The van der Waals surface area contributed by atoms with Crippen LogP contribution < -0.4 is 5.56 Å². The minimum atomic E-state index is 0.0524. The Hall–Kier alpha value is -1.03. The molecule has 0 amide bonds. The van der Waals surface area contributed by atoms with Crippen molar-refractivity contribution in [3.05, 3.63) is 21.6 Å². The molecule has 1 aromatic rings. The highest BCUT2D eigenvalue weighted by molar-refractivity contribution is 5.20. The third-order valence-electron chi connectivity index (χ3n) is 3.55. The molecular weight excluding hydrogens is 192 g/mol. The lowest BCUT2D eigenvalue weighted by Gasteiger charge is -2.18. The molecule has 0 unspecified atom stereocenters. The molecule has 4 heteroatoms. The molecule has 0 atom stereocenters. The summed E-state index contributed by atoms with van der Waals surface area (Å²) >= 11 is 0. The molecule has 1 aliphatic carbocycles. The first kappa shape index (κ1) is 9.21. The summed E-state index contributed by atoms with van der Waals surface area (Å²) in [5.41, 5.74) is 2.10. The van der Waals surface area contributed by atoms with Crippen molar-refractivity contribution in [3.63, 3.8) is 0 Å². The van der Waals surface area contributed by atoms with Crippen molar-refractivity contribution in [2.75, 3.05) is 6.61 Å². The van der Waals surface area contributed by atoms with Gasteiger partial charge in [-0.25, -0.2) is 0 Å². The summed E-state index contributed by atoms with van der Waals surface area (Å²) in [6.45, 7) is 1.24. The Balaban J connectivity index is 2.03. The van der Waals surface area contributed by atoms with E-state index in [1.807, 2.05) is 0 Å². The minimum absolute atomic E-state index is 0.0524. The second-order valence-electron chi connectivity index (χ2n) is 4.48. The normalized spacial score (nSPS) is 21.9. The number of fused-ring (bicyclic) bond motifs is 1. The molecule has 1 aliphatic heterocycles. The SMILES string of the molecule is O=c1[nH]n(C2CCCC2)c2c1COCC2. The maximum Gasteiger partial charge on any atom is 0.269 e. The average molecular weight is 208 g/mol. The number of hydrogen-bond acceptors (Lipinski definition) is 2. The number of aromatic amines is 1. The molecule has 0 spiro atoms. The van der Waals surface area contributed by atoms with E-state index in [4.69, 9.17) is 4.74 Å². The maximum absolute atomic E-state index is 11.7. The highest BCUT2D eigenvalue weighted by atomic mass is 16.5. The zero-order valence-corrected chi connectivity index (χ0v) is 8.79. The summed E-state index contributed by atoms with van der Waals surface area (Å²) in [5, 5.41) is 2.98. The summed E-state index contributed by atoms with van der Waals surface area (Å²) in [6.07, 6.45) is 5.87. The Morgan fingerprint density at radius 3 is 2.93 bits per heavy atom. The Morgan fingerprint density at radius 1 is 1.33 bits per heavy atom. The zero-order chi connectivity index (χ0) is 10.3. The number of rotatable bonds is 1. The molecule has 0 radical (unpaired) electrons. The fraction of sp³-hybridized carbons (Fsp3) is 0.727. The van der Waals surface area contributed by atoms with E-state index in [0.717, 1.165) is 18.6 Å². The van der Waals surface area contributed by atoms with E-state index in [1.165, 1.54) is 31.4 Å². The predicted molar refractivity (Wildman–Crippen MR) is 55.9 cm³/mol. The number of nitrogens with one attached hydrogen (secondary N) is 1. The second-order valence-corrected chi connectivity index (χ2v) is 4.48. The first-order valence-electron chi connectivity index (χ1n) is 5.76. The molecule has 2 heterocycles. The average Bonchev–Trinajstić information content (AvgIpc) is 2.87. The molecule has 2 aliphatic rings. The first-order chi connectivity index (χ1) is 7.36. The maximum atomic E-state index is 11.7. The van der Waals surface area contributed by atoms with Gasteiger partial charge < -0.3 is 4.74 Å². The third kappa shape index (κ3) is 1.44. The summed E-state index contributed by atoms with van der Waals surface area (Å²) < 4.78 is 7.44. The van der Waals surface area contributed by atoms with Crippen LogP contribution in [0.1, 0.15) is 43.0 Å². The Morgan fingerprint density at radius 2 is 2.13 bits per heavy atom. The van der Waals surface area contributed by atoms with E-state index in [1.54, 1.807) is 0 Å². The van der Waals surface area contributed by atoms with Gasteiger partial charge in [-0.05, 0) is 12.8 Å². The fourth-order valence-corrected chi connectivity index (χ4v) is 2.76. The molecule has 4 nitrogen and oxygen atoms in total. The second kappa shape index (κ2) is 3.52. The van der Waals surface area contributed by atoms with Crippen LogP contribution in [-0.2, 0) is 17.8 Å². The van der Waals surface area contributed by atoms with Crippen LogP contribution in [0.25, 0.3) is 0 Å².